The van der Waals surface area contributed by atoms with Crippen molar-refractivity contribution in [2.45, 2.75) is 80.4 Å². The largest absolute Gasteiger partial charge is 0.347 e. The van der Waals surface area contributed by atoms with Crippen molar-refractivity contribution in [3.8, 4) is 0 Å². The van der Waals surface area contributed by atoms with Crippen molar-refractivity contribution in [2.75, 3.05) is 0 Å². The second-order valence-corrected chi connectivity index (χ2v) is 8.43. The van der Waals surface area contributed by atoms with Gasteiger partial charge in [-0.1, -0.05) is 0 Å². The van der Waals surface area contributed by atoms with Crippen LogP contribution in [0.2, 0.25) is 0 Å². The van der Waals surface area contributed by atoms with Gasteiger partial charge in [-0.25, -0.2) is 9.59 Å². The number of rotatable bonds is 5. The van der Waals surface area contributed by atoms with E-state index in [2.05, 4.69) is 0 Å². The second-order valence-electron chi connectivity index (χ2n) is 8.43. The Balaban J connectivity index is 4.74. The molecule has 0 aromatic carbocycles. The summed E-state index contributed by atoms with van der Waals surface area (Å²) in [4.78, 5) is 43.7. The quantitative estimate of drug-likeness (QED) is 0.570. The van der Waals surface area contributed by atoms with Crippen LogP contribution < -0.4 is 0 Å². The lowest BCUT2D eigenvalue weighted by Gasteiger charge is -2.37. The molecule has 0 atom stereocenters. The molecule has 0 spiro atoms. The van der Waals surface area contributed by atoms with Gasteiger partial charge in [0.15, 0.2) is 0 Å². The first-order valence-corrected chi connectivity index (χ1v) is 7.31. The predicted octanol–water partition coefficient (Wildman–Crippen LogP) is 3.59. The SMILES string of the molecule is CC(C)(C)C(=O)OOC(C)(C)C(C)(C)OOC(=O)C(C)(C)C. The molecular formula is C16H30O6. The van der Waals surface area contributed by atoms with E-state index in [0.29, 0.717) is 0 Å². The van der Waals surface area contributed by atoms with Crippen molar-refractivity contribution >= 4 is 11.9 Å². The molecule has 130 valence electrons. The average Bonchev–Trinajstić information content (AvgIpc) is 2.30. The van der Waals surface area contributed by atoms with Gasteiger partial charge in [-0.2, -0.15) is 9.78 Å². The van der Waals surface area contributed by atoms with Crippen molar-refractivity contribution < 1.29 is 29.1 Å². The maximum Gasteiger partial charge on any atom is 0.347 e. The lowest BCUT2D eigenvalue weighted by molar-refractivity contribution is -0.414. The van der Waals surface area contributed by atoms with Gasteiger partial charge < -0.3 is 0 Å². The molecular weight excluding hydrogens is 288 g/mol. The van der Waals surface area contributed by atoms with Crippen LogP contribution in [0.4, 0.5) is 0 Å². The van der Waals surface area contributed by atoms with Gasteiger partial charge in [0.05, 0.1) is 10.8 Å². The molecule has 22 heavy (non-hydrogen) atoms. The summed E-state index contributed by atoms with van der Waals surface area (Å²) in [6.07, 6.45) is 0. The molecule has 0 N–H and O–H groups in total. The summed E-state index contributed by atoms with van der Waals surface area (Å²) in [7, 11) is 0. The van der Waals surface area contributed by atoms with Crippen LogP contribution in [-0.2, 0) is 29.1 Å². The maximum atomic E-state index is 11.8. The maximum absolute atomic E-state index is 11.8. The van der Waals surface area contributed by atoms with E-state index < -0.39 is 34.0 Å². The molecule has 0 amide bonds. The predicted molar refractivity (Wildman–Crippen MR) is 81.4 cm³/mol. The van der Waals surface area contributed by atoms with E-state index in [1.807, 2.05) is 0 Å². The Hall–Kier alpha value is -1.14. The van der Waals surface area contributed by atoms with Crippen LogP contribution in [0.5, 0.6) is 0 Å². The Bertz CT molecular complexity index is 369. The van der Waals surface area contributed by atoms with E-state index in [-0.39, 0.29) is 0 Å². The van der Waals surface area contributed by atoms with Crippen LogP contribution in [0, 0.1) is 10.8 Å². The van der Waals surface area contributed by atoms with E-state index in [1.165, 1.54) is 0 Å². The summed E-state index contributed by atoms with van der Waals surface area (Å²) in [6, 6.07) is 0. The Kier molecular flexibility index (Phi) is 6.20. The molecule has 0 aliphatic rings. The third-order valence-corrected chi connectivity index (χ3v) is 3.33. The summed E-state index contributed by atoms with van der Waals surface area (Å²) >= 11 is 0. The fraction of sp³-hybridized carbons (Fsp3) is 0.875. The van der Waals surface area contributed by atoms with Gasteiger partial charge in [0.1, 0.15) is 11.2 Å². The fourth-order valence-corrected chi connectivity index (χ4v) is 0.735. The van der Waals surface area contributed by atoms with Gasteiger partial charge >= 0.3 is 11.9 Å². The normalized spacial score (nSPS) is 13.7. The Morgan fingerprint density at radius 1 is 0.545 bits per heavy atom. The highest BCUT2D eigenvalue weighted by Crippen LogP contribution is 2.31. The summed E-state index contributed by atoms with van der Waals surface area (Å²) in [5.74, 6) is -0.994. The first-order valence-electron chi connectivity index (χ1n) is 7.31. The minimum absolute atomic E-state index is 0.497. The molecule has 0 radical (unpaired) electrons. The molecule has 0 heterocycles. The van der Waals surface area contributed by atoms with Gasteiger partial charge in [-0.05, 0) is 69.2 Å². The lowest BCUT2D eigenvalue weighted by atomic mass is 9.90. The van der Waals surface area contributed by atoms with E-state index in [4.69, 9.17) is 19.6 Å². The smallest absolute Gasteiger partial charge is 0.297 e. The minimum Gasteiger partial charge on any atom is -0.297 e. The Labute approximate surface area is 133 Å². The molecule has 0 fully saturated rings. The van der Waals surface area contributed by atoms with Crippen molar-refractivity contribution in [3.63, 3.8) is 0 Å². The zero-order valence-corrected chi connectivity index (χ0v) is 15.4. The van der Waals surface area contributed by atoms with Crippen LogP contribution >= 0.6 is 0 Å². The zero-order chi connectivity index (χ0) is 18.0. The summed E-state index contributed by atoms with van der Waals surface area (Å²) in [5.41, 5.74) is -3.43. The third-order valence-electron chi connectivity index (χ3n) is 3.33. The zero-order valence-electron chi connectivity index (χ0n) is 15.4. The Morgan fingerprint density at radius 3 is 0.955 bits per heavy atom. The lowest BCUT2D eigenvalue weighted by Crippen LogP contribution is -2.50. The van der Waals surface area contributed by atoms with Crippen molar-refractivity contribution in [2.24, 2.45) is 10.8 Å². The van der Waals surface area contributed by atoms with Crippen LogP contribution in [-0.4, -0.2) is 23.1 Å². The van der Waals surface area contributed by atoms with Crippen molar-refractivity contribution in [1.82, 2.24) is 0 Å². The molecule has 0 aromatic rings. The molecule has 6 heteroatoms. The molecule has 0 bridgehead atoms. The van der Waals surface area contributed by atoms with E-state index in [0.717, 1.165) is 0 Å². The number of carbonyl (C=O) groups is 2. The molecule has 0 aliphatic heterocycles. The van der Waals surface area contributed by atoms with Crippen LogP contribution in [0.3, 0.4) is 0 Å². The van der Waals surface area contributed by atoms with Crippen LogP contribution in [0.1, 0.15) is 69.2 Å². The number of carbonyl (C=O) groups excluding carboxylic acids is 2. The summed E-state index contributed by atoms with van der Waals surface area (Å²) in [6.45, 7) is 17.0. The summed E-state index contributed by atoms with van der Waals surface area (Å²) in [5, 5.41) is 0. The van der Waals surface area contributed by atoms with E-state index >= 15 is 0 Å². The minimum atomic E-state index is -1.04. The molecule has 0 unspecified atom stereocenters. The van der Waals surface area contributed by atoms with Gasteiger partial charge in [0.25, 0.3) is 0 Å². The Morgan fingerprint density at radius 2 is 0.773 bits per heavy atom. The molecule has 0 aromatic heterocycles. The van der Waals surface area contributed by atoms with Gasteiger partial charge in [0, 0.05) is 0 Å². The topological polar surface area (TPSA) is 71.1 Å². The number of hydrogen-bond donors (Lipinski definition) is 0. The molecule has 0 saturated carbocycles. The van der Waals surface area contributed by atoms with Crippen LogP contribution in [0.25, 0.3) is 0 Å². The van der Waals surface area contributed by atoms with Gasteiger partial charge in [0.2, 0.25) is 0 Å². The molecule has 0 rings (SSSR count). The first kappa shape index (κ1) is 20.9. The third kappa shape index (κ3) is 5.93. The van der Waals surface area contributed by atoms with E-state index in [9.17, 15) is 9.59 Å². The van der Waals surface area contributed by atoms with E-state index in [1.54, 1.807) is 69.2 Å². The van der Waals surface area contributed by atoms with Crippen molar-refractivity contribution in [3.05, 3.63) is 0 Å². The van der Waals surface area contributed by atoms with Crippen LogP contribution in [0.15, 0.2) is 0 Å². The van der Waals surface area contributed by atoms with Gasteiger partial charge in [-0.15, -0.1) is 0 Å². The highest BCUT2D eigenvalue weighted by molar-refractivity contribution is 5.75. The second kappa shape index (κ2) is 6.54. The van der Waals surface area contributed by atoms with Gasteiger partial charge in [-0.3, -0.25) is 9.78 Å². The summed E-state index contributed by atoms with van der Waals surface area (Å²) < 4.78 is 0. The highest BCUT2D eigenvalue weighted by Gasteiger charge is 2.45. The van der Waals surface area contributed by atoms with Crippen molar-refractivity contribution in [1.29, 1.82) is 0 Å². The monoisotopic (exact) mass is 318 g/mol. The standard InChI is InChI=1S/C16H30O6/c1-13(2,3)11(17)19-21-15(7,8)16(9,10)22-20-12(18)14(4,5)6/h1-10H3. The highest BCUT2D eigenvalue weighted by atomic mass is 17.2. The molecule has 0 saturated heterocycles. The number of hydrogen-bond acceptors (Lipinski definition) is 6. The fourth-order valence-electron chi connectivity index (χ4n) is 0.735. The molecule has 0 aliphatic carbocycles. The average molecular weight is 318 g/mol. The molecule has 6 nitrogen and oxygen atoms in total. The first-order chi connectivity index (χ1) is 9.51.